The molecule has 1 fully saturated rings. The van der Waals surface area contributed by atoms with Crippen molar-refractivity contribution in [1.29, 1.82) is 0 Å². The van der Waals surface area contributed by atoms with E-state index in [0.717, 1.165) is 12.3 Å². The summed E-state index contributed by atoms with van der Waals surface area (Å²) in [6, 6.07) is 0.362. The standard InChI is InChI=1S/C11H21NO/c1-10(12-9-13)8-11-6-4-2-3-5-7-11/h9-11H,2-8H2,1H3,(H,12,13). The van der Waals surface area contributed by atoms with Crippen molar-refractivity contribution in [3.05, 3.63) is 0 Å². The highest BCUT2D eigenvalue weighted by Gasteiger charge is 2.14. The summed E-state index contributed by atoms with van der Waals surface area (Å²) in [5.41, 5.74) is 0. The molecule has 0 heterocycles. The Balaban J connectivity index is 2.20. The van der Waals surface area contributed by atoms with E-state index >= 15 is 0 Å². The average Bonchev–Trinajstić information content (AvgIpc) is 2.33. The average molecular weight is 183 g/mol. The highest BCUT2D eigenvalue weighted by Crippen LogP contribution is 2.26. The SMILES string of the molecule is CC(CC1CCCCCC1)NC=O. The van der Waals surface area contributed by atoms with Crippen LogP contribution in [0, 0.1) is 5.92 Å². The summed E-state index contributed by atoms with van der Waals surface area (Å²) < 4.78 is 0. The van der Waals surface area contributed by atoms with Gasteiger partial charge in [0.05, 0.1) is 0 Å². The van der Waals surface area contributed by atoms with Gasteiger partial charge in [0.15, 0.2) is 0 Å². The van der Waals surface area contributed by atoms with Gasteiger partial charge >= 0.3 is 0 Å². The largest absolute Gasteiger partial charge is 0.356 e. The van der Waals surface area contributed by atoms with Crippen LogP contribution >= 0.6 is 0 Å². The maximum Gasteiger partial charge on any atom is 0.207 e. The molecule has 2 nitrogen and oxygen atoms in total. The van der Waals surface area contributed by atoms with Crippen molar-refractivity contribution in [2.75, 3.05) is 0 Å². The lowest BCUT2D eigenvalue weighted by Gasteiger charge is -2.18. The summed E-state index contributed by atoms with van der Waals surface area (Å²) in [4.78, 5) is 10.2. The second-order valence-corrected chi connectivity index (χ2v) is 4.28. The van der Waals surface area contributed by atoms with Gasteiger partial charge in [-0.1, -0.05) is 38.5 Å². The predicted molar refractivity (Wildman–Crippen MR) is 54.5 cm³/mol. The lowest BCUT2D eigenvalue weighted by atomic mass is 9.93. The van der Waals surface area contributed by atoms with Gasteiger partial charge in [0, 0.05) is 6.04 Å². The minimum Gasteiger partial charge on any atom is -0.356 e. The molecule has 0 aromatic rings. The zero-order chi connectivity index (χ0) is 9.52. The summed E-state index contributed by atoms with van der Waals surface area (Å²) in [6.07, 6.45) is 10.3. The van der Waals surface area contributed by atoms with Gasteiger partial charge in [-0.25, -0.2) is 0 Å². The van der Waals surface area contributed by atoms with E-state index in [9.17, 15) is 4.79 Å². The van der Waals surface area contributed by atoms with E-state index in [4.69, 9.17) is 0 Å². The van der Waals surface area contributed by atoms with E-state index in [2.05, 4.69) is 12.2 Å². The normalized spacial score (nSPS) is 21.9. The van der Waals surface area contributed by atoms with Crippen molar-refractivity contribution >= 4 is 6.41 Å². The molecule has 76 valence electrons. The summed E-state index contributed by atoms with van der Waals surface area (Å²) in [5, 5.41) is 2.83. The van der Waals surface area contributed by atoms with Crippen LogP contribution in [0.4, 0.5) is 0 Å². The van der Waals surface area contributed by atoms with Crippen LogP contribution in [0.2, 0.25) is 0 Å². The molecule has 0 aromatic heterocycles. The van der Waals surface area contributed by atoms with E-state index in [-0.39, 0.29) is 0 Å². The fraction of sp³-hybridized carbons (Fsp3) is 0.909. The summed E-state index contributed by atoms with van der Waals surface area (Å²) in [5.74, 6) is 0.852. The Labute approximate surface area is 81.1 Å². The minimum atomic E-state index is 0.362. The van der Waals surface area contributed by atoms with Gasteiger partial charge in [-0.05, 0) is 19.3 Å². The van der Waals surface area contributed by atoms with Gasteiger partial charge in [-0.15, -0.1) is 0 Å². The maximum atomic E-state index is 10.2. The molecule has 0 radical (unpaired) electrons. The third kappa shape index (κ3) is 4.30. The summed E-state index contributed by atoms with van der Waals surface area (Å²) in [6.45, 7) is 2.10. The topological polar surface area (TPSA) is 29.1 Å². The first-order valence-corrected chi connectivity index (χ1v) is 5.52. The molecule has 13 heavy (non-hydrogen) atoms. The summed E-state index contributed by atoms with van der Waals surface area (Å²) in [7, 11) is 0. The van der Waals surface area contributed by atoms with Crippen molar-refractivity contribution in [2.45, 2.75) is 57.9 Å². The van der Waals surface area contributed by atoms with E-state index < -0.39 is 0 Å². The summed E-state index contributed by atoms with van der Waals surface area (Å²) >= 11 is 0. The van der Waals surface area contributed by atoms with Crippen LogP contribution in [0.15, 0.2) is 0 Å². The quantitative estimate of drug-likeness (QED) is 0.526. The molecule has 0 saturated heterocycles. The first-order chi connectivity index (χ1) is 6.33. The van der Waals surface area contributed by atoms with E-state index in [1.165, 1.54) is 44.9 Å². The fourth-order valence-corrected chi connectivity index (χ4v) is 2.28. The Morgan fingerprint density at radius 2 is 1.92 bits per heavy atom. The van der Waals surface area contributed by atoms with Crippen molar-refractivity contribution in [2.24, 2.45) is 5.92 Å². The molecule has 1 aliphatic rings. The molecule has 2 heteroatoms. The molecule has 1 amide bonds. The fourth-order valence-electron chi connectivity index (χ4n) is 2.28. The molecule has 0 bridgehead atoms. The van der Waals surface area contributed by atoms with Gasteiger partial charge in [0.25, 0.3) is 0 Å². The van der Waals surface area contributed by atoms with E-state index in [1.54, 1.807) is 0 Å². The Bertz CT molecular complexity index is 139. The molecule has 1 atom stereocenters. The Kier molecular flexibility index (Phi) is 4.87. The first-order valence-electron chi connectivity index (χ1n) is 5.52. The number of amides is 1. The Hall–Kier alpha value is -0.530. The zero-order valence-electron chi connectivity index (χ0n) is 8.59. The van der Waals surface area contributed by atoms with Crippen LogP contribution in [0.25, 0.3) is 0 Å². The highest BCUT2D eigenvalue weighted by atomic mass is 16.1. The third-order valence-corrected chi connectivity index (χ3v) is 3.01. The van der Waals surface area contributed by atoms with Gasteiger partial charge < -0.3 is 5.32 Å². The molecule has 1 N–H and O–H groups in total. The van der Waals surface area contributed by atoms with Crippen molar-refractivity contribution in [3.8, 4) is 0 Å². The minimum absolute atomic E-state index is 0.362. The van der Waals surface area contributed by atoms with Crippen molar-refractivity contribution < 1.29 is 4.79 Å². The highest BCUT2D eigenvalue weighted by molar-refractivity contribution is 5.46. The van der Waals surface area contributed by atoms with Crippen LogP contribution in [0.5, 0.6) is 0 Å². The van der Waals surface area contributed by atoms with Crippen LogP contribution in [-0.4, -0.2) is 12.5 Å². The van der Waals surface area contributed by atoms with Crippen molar-refractivity contribution in [1.82, 2.24) is 5.32 Å². The van der Waals surface area contributed by atoms with Gasteiger partial charge in [0.1, 0.15) is 0 Å². The number of nitrogens with one attached hydrogen (secondary N) is 1. The lowest BCUT2D eigenvalue weighted by Crippen LogP contribution is -2.26. The van der Waals surface area contributed by atoms with E-state index in [0.29, 0.717) is 6.04 Å². The number of rotatable bonds is 4. The molecule has 1 aliphatic carbocycles. The Morgan fingerprint density at radius 3 is 2.46 bits per heavy atom. The molecular weight excluding hydrogens is 162 g/mol. The molecule has 1 unspecified atom stereocenters. The van der Waals surface area contributed by atoms with Crippen LogP contribution in [0.3, 0.4) is 0 Å². The van der Waals surface area contributed by atoms with Crippen LogP contribution in [-0.2, 0) is 4.79 Å². The zero-order valence-corrected chi connectivity index (χ0v) is 8.59. The van der Waals surface area contributed by atoms with Gasteiger partial charge in [-0.2, -0.15) is 0 Å². The number of hydrogen-bond acceptors (Lipinski definition) is 1. The monoisotopic (exact) mass is 183 g/mol. The van der Waals surface area contributed by atoms with Gasteiger partial charge in [0.2, 0.25) is 6.41 Å². The smallest absolute Gasteiger partial charge is 0.207 e. The maximum absolute atomic E-state index is 10.2. The second kappa shape index (κ2) is 6.01. The van der Waals surface area contributed by atoms with E-state index in [1.807, 2.05) is 0 Å². The van der Waals surface area contributed by atoms with Gasteiger partial charge in [-0.3, -0.25) is 4.79 Å². The number of carbonyl (C=O) groups is 1. The first kappa shape index (κ1) is 10.6. The third-order valence-electron chi connectivity index (χ3n) is 3.01. The molecule has 0 aliphatic heterocycles. The predicted octanol–water partition coefficient (Wildman–Crippen LogP) is 2.48. The molecule has 0 spiro atoms. The molecule has 0 aromatic carbocycles. The lowest BCUT2D eigenvalue weighted by molar-refractivity contribution is -0.110. The second-order valence-electron chi connectivity index (χ2n) is 4.28. The molecular formula is C11H21NO. The van der Waals surface area contributed by atoms with Crippen LogP contribution in [0.1, 0.15) is 51.9 Å². The number of carbonyl (C=O) groups excluding carboxylic acids is 1. The van der Waals surface area contributed by atoms with Crippen LogP contribution < -0.4 is 5.32 Å². The molecule has 1 saturated carbocycles. The van der Waals surface area contributed by atoms with Crippen molar-refractivity contribution in [3.63, 3.8) is 0 Å². The molecule has 1 rings (SSSR count). The Morgan fingerprint density at radius 1 is 1.31 bits per heavy atom. The number of hydrogen-bond donors (Lipinski definition) is 1.